The number of hydrogen-bond donors (Lipinski definition) is 0. The molecule has 0 aromatic heterocycles. The molecule has 0 rings (SSSR count). The van der Waals surface area contributed by atoms with E-state index in [2.05, 4.69) is 0 Å². The summed E-state index contributed by atoms with van der Waals surface area (Å²) in [5, 5.41) is 0. The van der Waals surface area contributed by atoms with Gasteiger partial charge in [-0.3, -0.25) is 0 Å². The van der Waals surface area contributed by atoms with Crippen molar-refractivity contribution < 1.29 is 25.3 Å². The van der Waals surface area contributed by atoms with Crippen LogP contribution in [-0.2, 0) is 52.3 Å². The number of thiol groups is 2. The second-order valence-corrected chi connectivity index (χ2v) is 0.403. The van der Waals surface area contributed by atoms with Crippen molar-refractivity contribution in [2.45, 2.75) is 0 Å². The average molecular weight is 194 g/mol. The van der Waals surface area contributed by atoms with Crippen molar-refractivity contribution in [3.05, 3.63) is 0 Å². The molecule has 2 nitrogen and oxygen atoms in total. The van der Waals surface area contributed by atoms with Crippen molar-refractivity contribution in [1.29, 1.82) is 0 Å². The summed E-state index contributed by atoms with van der Waals surface area (Å²) in [7, 11) is 0. The third kappa shape index (κ3) is 45.6. The normalized spacial score (nSPS) is 1.60. The van der Waals surface area contributed by atoms with Crippen LogP contribution in [0.5, 0.6) is 0 Å². The number of hydrogen-bond acceptors (Lipinski definition) is 4. The molecule has 0 saturated heterocycles. The van der Waals surface area contributed by atoms with E-state index in [1.54, 1.807) is 0 Å². The van der Waals surface area contributed by atoms with Gasteiger partial charge in [0.15, 0.2) is 0 Å². The maximum absolute atomic E-state index is 8.50. The molecule has 5 heavy (non-hydrogen) atoms. The predicted molar refractivity (Wildman–Crippen MR) is 18.9 cm³/mol. The van der Waals surface area contributed by atoms with Gasteiger partial charge in [-0.15, -0.1) is 0 Å². The first-order valence-corrected chi connectivity index (χ1v) is 1.97. The quantitative estimate of drug-likeness (QED) is 0.288. The fraction of sp³-hybridized carbons (Fsp3) is 0. The van der Waals surface area contributed by atoms with E-state index in [0.29, 0.717) is 0 Å². The third-order valence-electron chi connectivity index (χ3n) is 0. The molecule has 5 heteroatoms. The molecule has 0 unspecified atom stereocenters. The number of rotatable bonds is 0. The van der Waals surface area contributed by atoms with Crippen LogP contribution in [0.2, 0.25) is 0 Å². The fourth-order valence-corrected chi connectivity index (χ4v) is 0. The van der Waals surface area contributed by atoms with Gasteiger partial charge in [-0.25, -0.2) is 0 Å². The van der Waals surface area contributed by atoms with E-state index in [1.165, 1.54) is 0 Å². The molecule has 0 aliphatic carbocycles. The molecule has 0 amide bonds. The van der Waals surface area contributed by atoms with Gasteiger partial charge in [0.2, 0.25) is 0 Å². The Kier molecular flexibility index (Phi) is 67.0. The van der Waals surface area contributed by atoms with E-state index < -0.39 is 18.5 Å². The zero-order valence-corrected chi connectivity index (χ0v) is 5.92. The molecule has 0 aliphatic heterocycles. The minimum absolute atomic E-state index is 0. The van der Waals surface area contributed by atoms with Crippen LogP contribution in [0.1, 0.15) is 0 Å². The Labute approximate surface area is 52.4 Å². The van der Waals surface area contributed by atoms with Crippen LogP contribution in [0.3, 0.4) is 0 Å². The van der Waals surface area contributed by atoms with Crippen LogP contribution in [0.4, 0.5) is 0 Å². The molecule has 0 radical (unpaired) electrons. The van der Waals surface area contributed by atoms with E-state index in [1.807, 2.05) is 0 Å². The summed E-state index contributed by atoms with van der Waals surface area (Å²) in [5.41, 5.74) is 0. The summed E-state index contributed by atoms with van der Waals surface area (Å²) in [6.07, 6.45) is 0. The topological polar surface area (TPSA) is 34.1 Å². The van der Waals surface area contributed by atoms with Crippen molar-refractivity contribution in [3.63, 3.8) is 0 Å². The van der Waals surface area contributed by atoms with Gasteiger partial charge in [0.25, 0.3) is 0 Å². The molecule has 0 saturated carbocycles. The summed E-state index contributed by atoms with van der Waals surface area (Å²) in [5.74, 6) is 0. The third-order valence-corrected chi connectivity index (χ3v) is 0. The molecule has 0 aromatic carbocycles. The molecule has 0 N–H and O–H groups in total. The first-order chi connectivity index (χ1) is 1.41. The minimum atomic E-state index is -2.03. The van der Waals surface area contributed by atoms with Crippen LogP contribution >= 0.6 is 0 Å². The van der Waals surface area contributed by atoms with Gasteiger partial charge < -0.3 is 27.0 Å². The largest absolute Gasteiger partial charge is 0.813 e. The van der Waals surface area contributed by atoms with E-state index in [9.17, 15) is 0 Å². The van der Waals surface area contributed by atoms with Crippen molar-refractivity contribution in [3.8, 4) is 0 Å². The van der Waals surface area contributed by atoms with Crippen molar-refractivity contribution >= 4 is 27.0 Å². The molecule has 0 aliphatic rings. The summed E-state index contributed by atoms with van der Waals surface area (Å²) in [6.45, 7) is 0. The first kappa shape index (κ1) is 16.7. The van der Waals surface area contributed by atoms with Gasteiger partial charge in [-0.05, 0) is 0 Å². The van der Waals surface area contributed by atoms with Crippen molar-refractivity contribution in [2.24, 2.45) is 0 Å². The maximum Gasteiger partial charge on any atom is -0.813 e. The zero-order valence-electron chi connectivity index (χ0n) is 2.12. The van der Waals surface area contributed by atoms with Crippen LogP contribution in [0.25, 0.3) is 0 Å². The van der Waals surface area contributed by atoms with Crippen LogP contribution in [0, 0.1) is 0 Å². The fourth-order valence-electron chi connectivity index (χ4n) is 0. The zero-order chi connectivity index (χ0) is 2.71. The summed E-state index contributed by atoms with van der Waals surface area (Å²) < 4.78 is 17.0. The molecule has 0 fully saturated rings. The predicted octanol–water partition coefficient (Wildman–Crippen LogP) is -0.780. The standard InChI is InChI=1S/Mo.2O.2H2S/h;;;2*1H2/q+2;;;;/p-2. The van der Waals surface area contributed by atoms with Gasteiger partial charge >= 0.3 is 25.3 Å². The Balaban J connectivity index is -0.0000000200. The maximum atomic E-state index is 8.50. The summed E-state index contributed by atoms with van der Waals surface area (Å²) >= 11 is -2.03. The monoisotopic (exact) mass is 196 g/mol. The average Bonchev–Trinajstić information content (AvgIpc) is 0.918. The van der Waals surface area contributed by atoms with Crippen LogP contribution in [-0.4, -0.2) is 0 Å². The van der Waals surface area contributed by atoms with Gasteiger partial charge in [0.05, 0.1) is 0 Å². The summed E-state index contributed by atoms with van der Waals surface area (Å²) in [6, 6.07) is 0. The smallest absolute Gasteiger partial charge is 0.813 e. The molecule has 0 bridgehead atoms. The molecular formula is H2MoO2S2. The van der Waals surface area contributed by atoms with E-state index in [0.717, 1.165) is 0 Å². The van der Waals surface area contributed by atoms with Gasteiger partial charge in [-0.2, -0.15) is 0 Å². The Morgan fingerprint density at radius 3 is 1.00 bits per heavy atom. The molecular weight excluding hydrogens is 192 g/mol. The van der Waals surface area contributed by atoms with Crippen molar-refractivity contribution in [2.75, 3.05) is 0 Å². The molecule has 0 heterocycles. The van der Waals surface area contributed by atoms with Gasteiger partial charge in [0.1, 0.15) is 0 Å². The Morgan fingerprint density at radius 1 is 1.00 bits per heavy atom. The van der Waals surface area contributed by atoms with E-state index >= 15 is 0 Å². The molecule has 0 spiro atoms. The minimum Gasteiger partial charge on any atom is -0.813 e. The van der Waals surface area contributed by atoms with E-state index in [4.69, 9.17) is 6.80 Å². The van der Waals surface area contributed by atoms with Crippen molar-refractivity contribution in [1.82, 2.24) is 0 Å². The first-order valence-electron chi connectivity index (χ1n) is 0.333. The van der Waals surface area contributed by atoms with Crippen LogP contribution in [0.15, 0.2) is 0 Å². The van der Waals surface area contributed by atoms with E-state index in [-0.39, 0.29) is 27.0 Å². The molecule has 0 atom stereocenters. The Morgan fingerprint density at radius 2 is 1.00 bits per heavy atom. The second-order valence-electron chi connectivity index (χ2n) is 0.0680. The SMILES string of the molecule is [O]=[Mo+2]=[O].[SH-].[SH-]. The Bertz CT molecular complexity index is 28.6. The Hall–Kier alpha value is 0.988. The summed E-state index contributed by atoms with van der Waals surface area (Å²) in [4.78, 5) is 0. The second kappa shape index (κ2) is 20.1. The van der Waals surface area contributed by atoms with Gasteiger partial charge in [0, 0.05) is 0 Å². The molecule has 32 valence electrons. The van der Waals surface area contributed by atoms with Gasteiger partial charge in [-0.1, -0.05) is 0 Å². The van der Waals surface area contributed by atoms with Crippen LogP contribution < -0.4 is 0 Å². The molecule has 0 aromatic rings.